The molecule has 0 aliphatic rings. The summed E-state index contributed by atoms with van der Waals surface area (Å²) in [5.41, 5.74) is 1.88. The van der Waals surface area contributed by atoms with E-state index in [0.29, 0.717) is 6.54 Å². The van der Waals surface area contributed by atoms with Crippen LogP contribution in [0.3, 0.4) is 0 Å². The minimum absolute atomic E-state index is 0. The summed E-state index contributed by atoms with van der Waals surface area (Å²) < 4.78 is 19.9. The van der Waals surface area contributed by atoms with E-state index in [1.165, 1.54) is 13.2 Å². The number of hydrogen-bond acceptors (Lipinski definition) is 3. The lowest BCUT2D eigenvalue weighted by atomic mass is 10.2. The Morgan fingerprint density at radius 2 is 2.22 bits per heavy atom. The highest BCUT2D eigenvalue weighted by molar-refractivity contribution is 5.85. The van der Waals surface area contributed by atoms with Gasteiger partial charge in [-0.1, -0.05) is 6.07 Å². The van der Waals surface area contributed by atoms with Crippen molar-refractivity contribution in [2.45, 2.75) is 6.54 Å². The van der Waals surface area contributed by atoms with Gasteiger partial charge in [-0.25, -0.2) is 4.39 Å². The molecule has 0 bridgehead atoms. The van der Waals surface area contributed by atoms with Crippen LogP contribution < -0.4 is 10.1 Å². The van der Waals surface area contributed by atoms with E-state index in [2.05, 4.69) is 10.4 Å². The number of benzene rings is 1. The summed E-state index contributed by atoms with van der Waals surface area (Å²) in [6.07, 6.45) is 3.62. The highest BCUT2D eigenvalue weighted by Crippen LogP contribution is 2.19. The molecule has 0 aliphatic carbocycles. The molecule has 4 nitrogen and oxygen atoms in total. The number of aromatic nitrogens is 2. The predicted molar refractivity (Wildman–Crippen MR) is 71.1 cm³/mol. The topological polar surface area (TPSA) is 39.1 Å². The number of rotatable bonds is 4. The van der Waals surface area contributed by atoms with Gasteiger partial charge in [-0.05, 0) is 17.7 Å². The Morgan fingerprint density at radius 1 is 1.44 bits per heavy atom. The van der Waals surface area contributed by atoms with Crippen molar-refractivity contribution >= 4 is 18.1 Å². The third kappa shape index (κ3) is 3.13. The van der Waals surface area contributed by atoms with Crippen molar-refractivity contribution in [1.29, 1.82) is 0 Å². The molecule has 0 saturated carbocycles. The van der Waals surface area contributed by atoms with Gasteiger partial charge in [0, 0.05) is 13.2 Å². The number of nitrogens with one attached hydrogen (secondary N) is 1. The van der Waals surface area contributed by atoms with Crippen LogP contribution >= 0.6 is 12.4 Å². The molecule has 1 aromatic carbocycles. The van der Waals surface area contributed by atoms with Crippen LogP contribution in [0.15, 0.2) is 30.6 Å². The van der Waals surface area contributed by atoms with Crippen molar-refractivity contribution in [2.75, 3.05) is 19.5 Å². The predicted octanol–water partition coefficient (Wildman–Crippen LogP) is 2.54. The van der Waals surface area contributed by atoms with Gasteiger partial charge in [-0.3, -0.25) is 4.68 Å². The fraction of sp³-hybridized carbons (Fsp3) is 0.250. The zero-order valence-electron chi connectivity index (χ0n) is 10.2. The van der Waals surface area contributed by atoms with Crippen LogP contribution in [0.2, 0.25) is 0 Å². The monoisotopic (exact) mass is 271 g/mol. The molecule has 18 heavy (non-hydrogen) atoms. The molecule has 98 valence electrons. The van der Waals surface area contributed by atoms with Crippen LogP contribution in [0.1, 0.15) is 5.56 Å². The van der Waals surface area contributed by atoms with Crippen LogP contribution in [0.4, 0.5) is 10.1 Å². The minimum atomic E-state index is -0.354. The van der Waals surface area contributed by atoms with Gasteiger partial charge < -0.3 is 10.1 Å². The van der Waals surface area contributed by atoms with Crippen LogP contribution in [0, 0.1) is 5.82 Å². The van der Waals surface area contributed by atoms with Gasteiger partial charge in [-0.2, -0.15) is 5.10 Å². The lowest BCUT2D eigenvalue weighted by Gasteiger charge is -2.05. The quantitative estimate of drug-likeness (QED) is 0.929. The summed E-state index contributed by atoms with van der Waals surface area (Å²) in [7, 11) is 3.29. The van der Waals surface area contributed by atoms with Gasteiger partial charge in [0.2, 0.25) is 0 Å². The third-order valence-electron chi connectivity index (χ3n) is 2.48. The van der Waals surface area contributed by atoms with Gasteiger partial charge in [-0.15, -0.1) is 12.4 Å². The van der Waals surface area contributed by atoms with Gasteiger partial charge in [0.15, 0.2) is 11.6 Å². The smallest absolute Gasteiger partial charge is 0.165 e. The maximum Gasteiger partial charge on any atom is 0.165 e. The van der Waals surface area contributed by atoms with Crippen molar-refractivity contribution in [3.63, 3.8) is 0 Å². The second-order valence-electron chi connectivity index (χ2n) is 3.65. The third-order valence-corrected chi connectivity index (χ3v) is 2.48. The molecular weight excluding hydrogens is 257 g/mol. The molecule has 0 aliphatic heterocycles. The van der Waals surface area contributed by atoms with E-state index in [1.54, 1.807) is 23.0 Å². The van der Waals surface area contributed by atoms with Crippen molar-refractivity contribution < 1.29 is 9.13 Å². The number of nitrogens with zero attached hydrogens (tertiary/aromatic N) is 2. The Balaban J connectivity index is 0.00000162. The minimum Gasteiger partial charge on any atom is -0.494 e. The van der Waals surface area contributed by atoms with Gasteiger partial charge >= 0.3 is 0 Å². The first-order chi connectivity index (χ1) is 8.22. The molecule has 0 atom stereocenters. The Kier molecular flexibility index (Phi) is 4.97. The Hall–Kier alpha value is -1.75. The highest BCUT2D eigenvalue weighted by Gasteiger charge is 2.04. The first kappa shape index (κ1) is 14.3. The van der Waals surface area contributed by atoms with Crippen molar-refractivity contribution in [3.8, 4) is 5.75 Å². The fourth-order valence-electron chi connectivity index (χ4n) is 1.57. The number of anilines is 1. The molecule has 2 aromatic rings. The summed E-state index contributed by atoms with van der Waals surface area (Å²) in [5.74, 6) is -0.101. The summed E-state index contributed by atoms with van der Waals surface area (Å²) in [5, 5.41) is 7.18. The maximum absolute atomic E-state index is 13.2. The molecule has 0 spiro atoms. The largest absolute Gasteiger partial charge is 0.494 e. The molecule has 2 rings (SSSR count). The molecule has 0 amide bonds. The maximum atomic E-state index is 13.2. The van der Waals surface area contributed by atoms with E-state index in [0.717, 1.165) is 11.3 Å². The molecule has 0 unspecified atom stereocenters. The first-order valence-electron chi connectivity index (χ1n) is 5.25. The number of halogens is 2. The fourth-order valence-corrected chi connectivity index (χ4v) is 1.57. The van der Waals surface area contributed by atoms with E-state index in [-0.39, 0.29) is 24.0 Å². The summed E-state index contributed by atoms with van der Waals surface area (Å²) >= 11 is 0. The van der Waals surface area contributed by atoms with E-state index in [4.69, 9.17) is 4.74 Å². The van der Waals surface area contributed by atoms with Gasteiger partial charge in [0.05, 0.1) is 25.5 Å². The highest BCUT2D eigenvalue weighted by atomic mass is 35.5. The Bertz CT molecular complexity index is 516. The standard InChI is InChI=1S/C12H14FN3O.ClH/c1-14-10-6-15-16(8-10)7-9-3-4-11(13)12(5-9)17-2;/h3-6,8,14H,7H2,1-2H3;1H. The Labute approximate surface area is 111 Å². The SMILES string of the molecule is CNc1cnn(Cc2ccc(F)c(OC)c2)c1.Cl. The van der Waals surface area contributed by atoms with Crippen molar-refractivity contribution in [2.24, 2.45) is 0 Å². The number of ether oxygens (including phenoxy) is 1. The molecule has 1 heterocycles. The lowest BCUT2D eigenvalue weighted by Crippen LogP contribution is -2.01. The summed E-state index contributed by atoms with van der Waals surface area (Å²) in [6.45, 7) is 0.582. The zero-order chi connectivity index (χ0) is 12.3. The van der Waals surface area contributed by atoms with E-state index in [1.807, 2.05) is 13.2 Å². The van der Waals surface area contributed by atoms with Crippen LogP contribution in [-0.2, 0) is 6.54 Å². The molecule has 1 aromatic heterocycles. The summed E-state index contributed by atoms with van der Waals surface area (Å²) in [6, 6.07) is 4.80. The second-order valence-corrected chi connectivity index (χ2v) is 3.65. The summed E-state index contributed by atoms with van der Waals surface area (Å²) in [4.78, 5) is 0. The molecule has 0 fully saturated rings. The van der Waals surface area contributed by atoms with E-state index >= 15 is 0 Å². The van der Waals surface area contributed by atoms with Crippen LogP contribution in [0.5, 0.6) is 5.75 Å². The first-order valence-corrected chi connectivity index (χ1v) is 5.25. The van der Waals surface area contributed by atoms with Gasteiger partial charge in [0.25, 0.3) is 0 Å². The van der Waals surface area contributed by atoms with Crippen molar-refractivity contribution in [3.05, 3.63) is 42.0 Å². The number of hydrogen-bond donors (Lipinski definition) is 1. The van der Waals surface area contributed by atoms with E-state index in [9.17, 15) is 4.39 Å². The normalized spacial score (nSPS) is 9.72. The van der Waals surface area contributed by atoms with E-state index < -0.39 is 0 Å². The van der Waals surface area contributed by atoms with Crippen molar-refractivity contribution in [1.82, 2.24) is 9.78 Å². The van der Waals surface area contributed by atoms with Crippen LogP contribution in [-0.4, -0.2) is 23.9 Å². The molecule has 6 heteroatoms. The number of methoxy groups -OCH3 is 1. The second kappa shape index (κ2) is 6.26. The Morgan fingerprint density at radius 3 is 2.83 bits per heavy atom. The lowest BCUT2D eigenvalue weighted by molar-refractivity contribution is 0.385. The molecule has 0 radical (unpaired) electrons. The molecule has 0 saturated heterocycles. The van der Waals surface area contributed by atoms with Gasteiger partial charge in [0.1, 0.15) is 0 Å². The zero-order valence-corrected chi connectivity index (χ0v) is 11.0. The average Bonchev–Trinajstić information content (AvgIpc) is 2.79. The average molecular weight is 272 g/mol. The molecular formula is C12H15ClFN3O. The molecule has 1 N–H and O–H groups in total. The van der Waals surface area contributed by atoms with Crippen LogP contribution in [0.25, 0.3) is 0 Å².